The number of aromatic nitrogens is 1. The largest absolute Gasteiger partial charge is 0.361 e. The summed E-state index contributed by atoms with van der Waals surface area (Å²) in [4.78, 5) is 19.3. The molecule has 2 N–H and O–H groups in total. The lowest BCUT2D eigenvalue weighted by atomic mass is 9.92. The van der Waals surface area contributed by atoms with E-state index in [0.717, 1.165) is 44.3 Å². The van der Waals surface area contributed by atoms with Gasteiger partial charge in [0.05, 0.1) is 12.1 Å². The number of hydrogen-bond donors (Lipinski definition) is 2. The van der Waals surface area contributed by atoms with E-state index < -0.39 is 0 Å². The fraction of sp³-hybridized carbons (Fsp3) is 0.300. The number of nitrogens with one attached hydrogen (secondary N) is 2. The minimum atomic E-state index is -0.290. The Morgan fingerprint density at radius 3 is 2.21 bits per heavy atom. The molecular formula is C30H31N3O. The first-order chi connectivity index (χ1) is 16.8. The first-order valence-electron chi connectivity index (χ1n) is 12.5. The molecule has 1 atom stereocenters. The molecule has 4 nitrogen and oxygen atoms in total. The summed E-state index contributed by atoms with van der Waals surface area (Å²) in [6.07, 6.45) is 6.99. The number of fused-ring (bicyclic) bond motifs is 3. The normalized spacial score (nSPS) is 16.8. The lowest BCUT2D eigenvalue weighted by Crippen LogP contribution is -2.48. The molecule has 6 rings (SSSR count). The van der Waals surface area contributed by atoms with E-state index in [1.54, 1.807) is 0 Å². The summed E-state index contributed by atoms with van der Waals surface area (Å²) in [5.41, 5.74) is 7.65. The summed E-state index contributed by atoms with van der Waals surface area (Å²) in [5.74, 6) is 0.224. The molecule has 1 fully saturated rings. The summed E-state index contributed by atoms with van der Waals surface area (Å²) in [5, 5.41) is 5.08. The zero-order chi connectivity index (χ0) is 22.9. The van der Waals surface area contributed by atoms with Crippen molar-refractivity contribution in [3.8, 4) is 0 Å². The quantitative estimate of drug-likeness (QED) is 0.441. The van der Waals surface area contributed by atoms with Crippen molar-refractivity contribution in [1.29, 1.82) is 0 Å². The molecule has 4 aromatic rings. The molecular weight excluding hydrogens is 418 g/mol. The van der Waals surface area contributed by atoms with Gasteiger partial charge in [-0.2, -0.15) is 0 Å². The van der Waals surface area contributed by atoms with Crippen LogP contribution in [-0.2, 0) is 24.1 Å². The number of hydrogen-bond acceptors (Lipinski definition) is 2. The lowest BCUT2D eigenvalue weighted by molar-refractivity contribution is -0.132. The standard InChI is InChI=1S/C30H31N3O/c34-30(33-17-7-8-18-33)28(19-23-20-31-27-14-6-5-11-24(23)27)32-29-25-12-3-1-9-21(25)15-16-22-10-2-4-13-26(22)29/h1-6,9-14,20,28-29,31-32H,7-8,15-19H2/t28-/m0/s1. The van der Waals surface area contributed by atoms with Crippen LogP contribution in [0.3, 0.4) is 0 Å². The first kappa shape index (κ1) is 21.2. The summed E-state index contributed by atoms with van der Waals surface area (Å²) in [7, 11) is 0. The van der Waals surface area contributed by atoms with Gasteiger partial charge in [-0.05, 0) is 66.0 Å². The number of rotatable bonds is 5. The van der Waals surface area contributed by atoms with Gasteiger partial charge in [0.25, 0.3) is 0 Å². The second-order valence-electron chi connectivity index (χ2n) is 9.65. The van der Waals surface area contributed by atoms with Crippen molar-refractivity contribution >= 4 is 16.8 Å². The molecule has 1 aliphatic carbocycles. The molecule has 0 radical (unpaired) electrons. The van der Waals surface area contributed by atoms with E-state index in [0.29, 0.717) is 6.42 Å². The number of H-pyrrole nitrogens is 1. The molecule has 0 saturated carbocycles. The van der Waals surface area contributed by atoms with Crippen molar-refractivity contribution in [2.45, 2.75) is 44.2 Å². The van der Waals surface area contributed by atoms with Crippen molar-refractivity contribution in [2.24, 2.45) is 0 Å². The Morgan fingerprint density at radius 2 is 1.50 bits per heavy atom. The molecule has 1 aliphatic heterocycles. The van der Waals surface area contributed by atoms with Gasteiger partial charge in [-0.25, -0.2) is 0 Å². The second-order valence-corrected chi connectivity index (χ2v) is 9.65. The molecule has 0 unspecified atom stereocenters. The number of nitrogens with zero attached hydrogens (tertiary/aromatic N) is 1. The van der Waals surface area contributed by atoms with Crippen LogP contribution in [0.25, 0.3) is 10.9 Å². The molecule has 34 heavy (non-hydrogen) atoms. The summed E-state index contributed by atoms with van der Waals surface area (Å²) >= 11 is 0. The SMILES string of the molecule is O=C([C@H](Cc1c[nH]c2ccccc12)NC1c2ccccc2CCc2ccccc21)N1CCCC1. The van der Waals surface area contributed by atoms with Gasteiger partial charge in [-0.15, -0.1) is 0 Å². The number of amides is 1. The minimum Gasteiger partial charge on any atom is -0.361 e. The van der Waals surface area contributed by atoms with Crippen molar-refractivity contribution in [3.63, 3.8) is 0 Å². The maximum absolute atomic E-state index is 13.8. The average Bonchev–Trinajstić information content (AvgIpc) is 3.53. The maximum Gasteiger partial charge on any atom is 0.240 e. The van der Waals surface area contributed by atoms with E-state index in [2.05, 4.69) is 88.1 Å². The molecule has 1 saturated heterocycles. The van der Waals surface area contributed by atoms with Crippen LogP contribution in [0.15, 0.2) is 79.0 Å². The van der Waals surface area contributed by atoms with Crippen LogP contribution in [0, 0.1) is 0 Å². The predicted octanol–water partition coefficient (Wildman–Crippen LogP) is 5.18. The third-order valence-electron chi connectivity index (χ3n) is 7.58. The summed E-state index contributed by atoms with van der Waals surface area (Å²) in [6.45, 7) is 1.73. The predicted molar refractivity (Wildman–Crippen MR) is 137 cm³/mol. The van der Waals surface area contributed by atoms with E-state index in [1.807, 2.05) is 6.07 Å². The molecule has 172 valence electrons. The Labute approximate surface area is 201 Å². The van der Waals surface area contributed by atoms with Crippen LogP contribution in [0.1, 0.15) is 46.7 Å². The van der Waals surface area contributed by atoms with Crippen molar-refractivity contribution < 1.29 is 4.79 Å². The van der Waals surface area contributed by atoms with Crippen LogP contribution >= 0.6 is 0 Å². The smallest absolute Gasteiger partial charge is 0.240 e. The lowest BCUT2D eigenvalue weighted by Gasteiger charge is -2.30. The van der Waals surface area contributed by atoms with Crippen LogP contribution in [0.2, 0.25) is 0 Å². The Bertz CT molecular complexity index is 1270. The molecule has 2 heterocycles. The van der Waals surface area contributed by atoms with Gasteiger partial charge in [-0.3, -0.25) is 10.1 Å². The van der Waals surface area contributed by atoms with Gasteiger partial charge in [0.1, 0.15) is 0 Å². The maximum atomic E-state index is 13.8. The fourth-order valence-electron chi connectivity index (χ4n) is 5.80. The summed E-state index contributed by atoms with van der Waals surface area (Å²) in [6, 6.07) is 25.5. The van der Waals surface area contributed by atoms with Crippen LogP contribution < -0.4 is 5.32 Å². The molecule has 2 aliphatic rings. The summed E-state index contributed by atoms with van der Waals surface area (Å²) < 4.78 is 0. The number of aromatic amines is 1. The van der Waals surface area contributed by atoms with Gasteiger partial charge in [0.15, 0.2) is 0 Å². The third-order valence-corrected chi connectivity index (χ3v) is 7.58. The van der Waals surface area contributed by atoms with Gasteiger partial charge < -0.3 is 9.88 Å². The minimum absolute atomic E-state index is 0.00309. The van der Waals surface area contributed by atoms with Gasteiger partial charge in [-0.1, -0.05) is 66.7 Å². The Kier molecular flexibility index (Phi) is 5.68. The molecule has 4 heteroatoms. The van der Waals surface area contributed by atoms with Gasteiger partial charge in [0, 0.05) is 30.2 Å². The highest BCUT2D eigenvalue weighted by molar-refractivity contribution is 5.86. The van der Waals surface area contributed by atoms with Crippen LogP contribution in [0.4, 0.5) is 0 Å². The monoisotopic (exact) mass is 449 g/mol. The Morgan fingerprint density at radius 1 is 0.882 bits per heavy atom. The number of para-hydroxylation sites is 1. The van der Waals surface area contributed by atoms with Crippen LogP contribution in [0.5, 0.6) is 0 Å². The molecule has 0 bridgehead atoms. The number of benzene rings is 3. The number of carbonyl (C=O) groups excluding carboxylic acids is 1. The van der Waals surface area contributed by atoms with E-state index in [4.69, 9.17) is 0 Å². The Balaban J connectivity index is 1.40. The highest BCUT2D eigenvalue weighted by atomic mass is 16.2. The topological polar surface area (TPSA) is 48.1 Å². The molecule has 0 spiro atoms. The van der Waals surface area contributed by atoms with Crippen molar-refractivity contribution in [2.75, 3.05) is 13.1 Å². The Hall–Kier alpha value is -3.37. The van der Waals surface area contributed by atoms with Crippen molar-refractivity contribution in [3.05, 3.63) is 107 Å². The molecule has 1 aromatic heterocycles. The highest BCUT2D eigenvalue weighted by Gasteiger charge is 2.32. The van der Waals surface area contributed by atoms with Gasteiger partial charge in [0.2, 0.25) is 5.91 Å². The average molecular weight is 450 g/mol. The zero-order valence-electron chi connectivity index (χ0n) is 19.5. The highest BCUT2D eigenvalue weighted by Crippen LogP contribution is 2.33. The molecule has 1 amide bonds. The second kappa shape index (κ2) is 9.11. The van der Waals surface area contributed by atoms with E-state index in [-0.39, 0.29) is 18.0 Å². The third kappa shape index (κ3) is 3.92. The van der Waals surface area contributed by atoms with E-state index in [1.165, 1.54) is 33.2 Å². The van der Waals surface area contributed by atoms with Crippen LogP contribution in [-0.4, -0.2) is 34.9 Å². The number of likely N-dealkylation sites (tertiary alicyclic amines) is 1. The fourth-order valence-corrected chi connectivity index (χ4v) is 5.80. The molecule has 3 aromatic carbocycles. The first-order valence-corrected chi connectivity index (χ1v) is 12.5. The number of aryl methyl sites for hydroxylation is 2. The van der Waals surface area contributed by atoms with Gasteiger partial charge >= 0.3 is 0 Å². The van der Waals surface area contributed by atoms with E-state index in [9.17, 15) is 4.79 Å². The zero-order valence-corrected chi connectivity index (χ0v) is 19.5. The van der Waals surface area contributed by atoms with Crippen molar-refractivity contribution in [1.82, 2.24) is 15.2 Å². The number of carbonyl (C=O) groups is 1. The van der Waals surface area contributed by atoms with E-state index >= 15 is 0 Å².